The van der Waals surface area contributed by atoms with Crippen LogP contribution in [0.2, 0.25) is 0 Å². The number of benzene rings is 3. The van der Waals surface area contributed by atoms with Crippen LogP contribution >= 0.6 is 0 Å². The fraction of sp³-hybridized carbons (Fsp3) is 0.468. The molecule has 2 bridgehead atoms. The van der Waals surface area contributed by atoms with Gasteiger partial charge in [-0.05, 0) is 124 Å². The summed E-state index contributed by atoms with van der Waals surface area (Å²) >= 11 is 0. The van der Waals surface area contributed by atoms with Crippen molar-refractivity contribution in [2.45, 2.75) is 110 Å². The summed E-state index contributed by atoms with van der Waals surface area (Å²) in [5.74, 6) is 4.32. The monoisotopic (exact) mass is 1100 g/mol. The Labute approximate surface area is 472 Å². The molecular weight excluding hydrogens is 1030 g/mol. The highest BCUT2D eigenvalue weighted by atomic mass is 19.1. The third-order valence-electron chi connectivity index (χ3n) is 16.5. The number of hydrogen-bond acceptors (Lipinski definition) is 14. The normalized spacial score (nSPS) is 19.6. The largest absolute Gasteiger partial charge is 0.508 e. The van der Waals surface area contributed by atoms with Gasteiger partial charge in [-0.15, -0.1) is 6.42 Å². The van der Waals surface area contributed by atoms with E-state index in [4.69, 9.17) is 20.7 Å². The number of pyridine rings is 1. The van der Waals surface area contributed by atoms with E-state index < -0.39 is 11.6 Å². The summed E-state index contributed by atoms with van der Waals surface area (Å²) in [6.45, 7) is 15.4. The van der Waals surface area contributed by atoms with E-state index in [1.54, 1.807) is 12.4 Å². The smallest absolute Gasteiger partial charge is 0.319 e. The van der Waals surface area contributed by atoms with E-state index in [0.717, 1.165) is 100 Å². The molecule has 5 fully saturated rings. The van der Waals surface area contributed by atoms with Crippen molar-refractivity contribution in [3.63, 3.8) is 0 Å². The lowest BCUT2D eigenvalue weighted by Crippen LogP contribution is -2.51. The number of aromatic hydroxyl groups is 1. The van der Waals surface area contributed by atoms with Gasteiger partial charge in [0.15, 0.2) is 11.6 Å². The minimum absolute atomic E-state index is 0.0349. The van der Waals surface area contributed by atoms with Gasteiger partial charge in [-0.25, -0.2) is 8.78 Å². The minimum Gasteiger partial charge on any atom is -0.508 e. The van der Waals surface area contributed by atoms with Gasteiger partial charge < -0.3 is 39.7 Å². The molecular formula is C62H74F2N12O5. The summed E-state index contributed by atoms with van der Waals surface area (Å²) in [4.78, 5) is 45.9. The number of fused-ring (bicyclic) bond motifs is 4. The Balaban J connectivity index is 0.000000311. The zero-order chi connectivity index (χ0) is 56.7. The highest BCUT2D eigenvalue weighted by Gasteiger charge is 2.36. The minimum atomic E-state index is -0.732. The van der Waals surface area contributed by atoms with Gasteiger partial charge in [-0.2, -0.15) is 15.1 Å². The summed E-state index contributed by atoms with van der Waals surface area (Å²) in [7, 11) is 1.92. The number of ether oxygens (including phenoxy) is 1. The van der Waals surface area contributed by atoms with Crippen LogP contribution in [0.4, 0.5) is 20.4 Å². The molecule has 4 aromatic heterocycles. The highest BCUT2D eigenvalue weighted by molar-refractivity contribution is 6.03. The van der Waals surface area contributed by atoms with Crippen molar-refractivity contribution >= 4 is 45.6 Å². The number of carbonyl (C=O) groups excluding carboxylic acids is 2. The Morgan fingerprint density at radius 3 is 2.40 bits per heavy atom. The number of amides is 2. The fourth-order valence-corrected chi connectivity index (χ4v) is 12.2. The van der Waals surface area contributed by atoms with E-state index in [1.165, 1.54) is 37.1 Å². The molecule has 81 heavy (non-hydrogen) atoms. The van der Waals surface area contributed by atoms with Gasteiger partial charge in [-0.3, -0.25) is 24.2 Å². The summed E-state index contributed by atoms with van der Waals surface area (Å²) in [6.07, 6.45) is 18.9. The lowest BCUT2D eigenvalue weighted by molar-refractivity contribution is -0.131. The average Bonchev–Trinajstić information content (AvgIpc) is 4.31. The molecule has 426 valence electrons. The van der Waals surface area contributed by atoms with E-state index >= 15 is 4.39 Å². The molecule has 19 heteroatoms. The number of halogens is 2. The van der Waals surface area contributed by atoms with Crippen molar-refractivity contribution in [2.75, 3.05) is 68.8 Å². The van der Waals surface area contributed by atoms with Crippen LogP contribution in [0.25, 0.3) is 44.2 Å². The maximum atomic E-state index is 16.9. The molecule has 9 heterocycles. The number of anilines is 2. The molecule has 0 spiro atoms. The number of nitrogens with one attached hydrogen (secondary N) is 2. The zero-order valence-corrected chi connectivity index (χ0v) is 47.1. The molecule has 0 radical (unpaired) electrons. The lowest BCUT2D eigenvalue weighted by Gasteiger charge is -2.42. The number of aryl methyl sites for hydroxylation is 1. The zero-order valence-electron chi connectivity index (χ0n) is 47.1. The third-order valence-corrected chi connectivity index (χ3v) is 16.5. The molecule has 3 aromatic carbocycles. The van der Waals surface area contributed by atoms with Gasteiger partial charge in [0.1, 0.15) is 41.0 Å². The second kappa shape index (κ2) is 25.4. The fourth-order valence-electron chi connectivity index (χ4n) is 12.2. The standard InChI is InChI=1S/C46H51F2N9O4.C13H15N3O.C3H8/c1-3-35-38(47)9-6-30-18-33(58)19-36(41(30)35)43-42(48)44-37(22-49-43)45(56-25-31-7-8-32(26-56)50-31)52-46(51-44)60-16-15-54-13-10-28(11-14-54)17-29-23-55(24-29)39-20-34(61-53-39)21-40(59)57-12-4-5-27(57)2;1-10(14-9-17)11-3-5-12(6-4-11)13-7-8-15-16(13)2;1-3-2/h1,6,9,18-20,22,27-29,31-32,50,58H,4-5,7-8,10-17,21,23-26H2,2H3;3-10H,1-2H3,(H,14,17);3H2,1-2H3. The molecule has 17 nitrogen and oxygen atoms in total. The number of likely N-dealkylation sites (tertiary alicyclic amines) is 2. The second-order valence-electron chi connectivity index (χ2n) is 22.4. The Morgan fingerprint density at radius 2 is 1.72 bits per heavy atom. The van der Waals surface area contributed by atoms with E-state index in [9.17, 15) is 19.1 Å². The van der Waals surface area contributed by atoms with Crippen LogP contribution in [0.3, 0.4) is 0 Å². The molecule has 2 amide bonds. The number of nitrogens with zero attached hydrogens (tertiary/aromatic N) is 10. The number of aromatic nitrogens is 6. The Morgan fingerprint density at radius 1 is 0.963 bits per heavy atom. The summed E-state index contributed by atoms with van der Waals surface area (Å²) in [6, 6.07) is 18.6. The van der Waals surface area contributed by atoms with Gasteiger partial charge in [0, 0.05) is 93.9 Å². The van der Waals surface area contributed by atoms with Gasteiger partial charge in [-0.1, -0.05) is 61.7 Å². The topological polar surface area (TPSA) is 183 Å². The van der Waals surface area contributed by atoms with E-state index in [2.05, 4.69) is 72.2 Å². The summed E-state index contributed by atoms with van der Waals surface area (Å²) in [5, 5.41) is 26.6. The van der Waals surface area contributed by atoms with Gasteiger partial charge in [0.2, 0.25) is 12.3 Å². The molecule has 0 aliphatic carbocycles. The van der Waals surface area contributed by atoms with Gasteiger partial charge in [0.05, 0.1) is 29.1 Å². The van der Waals surface area contributed by atoms with Crippen LogP contribution < -0.4 is 25.2 Å². The van der Waals surface area contributed by atoms with Crippen molar-refractivity contribution in [1.29, 1.82) is 0 Å². The number of phenols is 1. The van der Waals surface area contributed by atoms with Crippen LogP contribution in [0.5, 0.6) is 11.8 Å². The average molecular weight is 1110 g/mol. The van der Waals surface area contributed by atoms with Crippen LogP contribution in [-0.2, 0) is 23.1 Å². The van der Waals surface area contributed by atoms with E-state index in [0.29, 0.717) is 78.6 Å². The van der Waals surface area contributed by atoms with Gasteiger partial charge >= 0.3 is 6.01 Å². The number of piperidine rings is 1. The van der Waals surface area contributed by atoms with Crippen molar-refractivity contribution in [3.8, 4) is 46.6 Å². The molecule has 7 aromatic rings. The molecule has 0 saturated carbocycles. The van der Waals surface area contributed by atoms with Crippen LogP contribution in [-0.4, -0.2) is 134 Å². The van der Waals surface area contributed by atoms with Gasteiger partial charge in [0.25, 0.3) is 0 Å². The first-order valence-corrected chi connectivity index (χ1v) is 28.7. The third kappa shape index (κ3) is 12.8. The first kappa shape index (κ1) is 56.6. The van der Waals surface area contributed by atoms with Crippen molar-refractivity contribution in [3.05, 3.63) is 102 Å². The molecule has 3 N–H and O–H groups in total. The number of hydrogen-bond donors (Lipinski definition) is 3. The summed E-state index contributed by atoms with van der Waals surface area (Å²) in [5.41, 5.74) is 3.34. The first-order chi connectivity index (χ1) is 39.3. The Bertz CT molecular complexity index is 3360. The Kier molecular flexibility index (Phi) is 17.7. The predicted octanol–water partition coefficient (Wildman–Crippen LogP) is 9.22. The van der Waals surface area contributed by atoms with E-state index in [1.807, 2.05) is 60.0 Å². The number of rotatable bonds is 15. The first-order valence-electron chi connectivity index (χ1n) is 28.7. The maximum absolute atomic E-state index is 16.9. The number of carbonyl (C=O) groups is 2. The molecule has 4 unspecified atom stereocenters. The SMILES string of the molecule is C#Cc1c(F)ccc2cc(O)cc(-c3ncc4c(N5CC6CCC(C5)N6)nc(OCCN5CCC(CC6CN(c7cc(CC(=O)N8CCCC8C)on7)C6)CC5)nc4c3F)c12.CC(NC=O)c1ccc(-c2ccnn2C)cc1.CCC. The molecule has 5 aliphatic heterocycles. The van der Waals surface area contributed by atoms with Crippen LogP contribution in [0.15, 0.2) is 77.6 Å². The molecule has 5 aliphatic rings. The lowest BCUT2D eigenvalue weighted by atomic mass is 9.83. The quantitative estimate of drug-likeness (QED) is 0.0652. The van der Waals surface area contributed by atoms with Crippen molar-refractivity contribution < 1.29 is 32.7 Å². The number of phenolic OH excluding ortho intramolecular Hbond substituents is 1. The van der Waals surface area contributed by atoms with Crippen LogP contribution in [0.1, 0.15) is 102 Å². The number of terminal acetylenes is 1. The second-order valence-corrected chi connectivity index (χ2v) is 22.4. The van der Waals surface area contributed by atoms with E-state index in [-0.39, 0.29) is 57.9 Å². The Hall–Kier alpha value is -7.69. The number of piperazine rings is 1. The highest BCUT2D eigenvalue weighted by Crippen LogP contribution is 2.40. The van der Waals surface area contributed by atoms with Crippen molar-refractivity contribution in [1.82, 2.24) is 50.3 Å². The summed E-state index contributed by atoms with van der Waals surface area (Å²) < 4.78 is 45.5. The molecule has 5 saturated heterocycles. The van der Waals surface area contributed by atoms with Crippen LogP contribution in [0, 0.1) is 35.8 Å². The maximum Gasteiger partial charge on any atom is 0.319 e. The van der Waals surface area contributed by atoms with Crippen molar-refractivity contribution in [2.24, 2.45) is 18.9 Å². The predicted molar refractivity (Wildman–Crippen MR) is 310 cm³/mol. The molecule has 4 atom stereocenters. The molecule has 12 rings (SSSR count).